The van der Waals surface area contributed by atoms with E-state index in [-0.39, 0.29) is 17.4 Å². The molecule has 0 aromatic rings. The first-order valence-corrected chi connectivity index (χ1v) is 7.43. The second-order valence-corrected chi connectivity index (χ2v) is 6.77. The van der Waals surface area contributed by atoms with Gasteiger partial charge in [-0.2, -0.15) is 0 Å². The lowest BCUT2D eigenvalue weighted by Gasteiger charge is -2.32. The molecule has 1 atom stereocenters. The third kappa shape index (κ3) is 5.38. The van der Waals surface area contributed by atoms with Crippen LogP contribution in [0.5, 0.6) is 0 Å². The Labute approximate surface area is 112 Å². The molecule has 1 unspecified atom stereocenters. The van der Waals surface area contributed by atoms with Gasteiger partial charge in [0, 0.05) is 12.5 Å². The van der Waals surface area contributed by atoms with Gasteiger partial charge in [-0.15, -0.1) is 0 Å². The smallest absolute Gasteiger partial charge is 0.220 e. The summed E-state index contributed by atoms with van der Waals surface area (Å²) in [4.78, 5) is 12.1. The number of carbonyl (C=O) groups is 1. The van der Waals surface area contributed by atoms with Crippen LogP contribution in [-0.4, -0.2) is 18.5 Å². The fourth-order valence-electron chi connectivity index (χ4n) is 2.80. The monoisotopic (exact) mass is 254 g/mol. The zero-order chi connectivity index (χ0) is 13.6. The van der Waals surface area contributed by atoms with Gasteiger partial charge in [0.25, 0.3) is 0 Å². The number of hydrogen-bond donors (Lipinski definition) is 2. The van der Waals surface area contributed by atoms with Crippen LogP contribution in [0.3, 0.4) is 0 Å². The zero-order valence-corrected chi connectivity index (χ0v) is 12.3. The molecule has 1 amide bonds. The number of rotatable bonds is 5. The van der Waals surface area contributed by atoms with Crippen molar-refractivity contribution in [3.63, 3.8) is 0 Å². The van der Waals surface area contributed by atoms with Crippen molar-refractivity contribution in [1.82, 2.24) is 5.32 Å². The molecular weight excluding hydrogens is 224 g/mol. The number of nitrogens with two attached hydrogens (primary N) is 1. The van der Waals surface area contributed by atoms with Crippen molar-refractivity contribution in [2.24, 2.45) is 17.1 Å². The van der Waals surface area contributed by atoms with E-state index >= 15 is 0 Å². The Kier molecular flexibility index (Phi) is 6.13. The molecule has 1 aliphatic carbocycles. The second kappa shape index (κ2) is 7.13. The van der Waals surface area contributed by atoms with Crippen molar-refractivity contribution in [2.75, 3.05) is 6.54 Å². The largest absolute Gasteiger partial charge is 0.353 e. The van der Waals surface area contributed by atoms with E-state index in [9.17, 15) is 4.79 Å². The molecule has 18 heavy (non-hydrogen) atoms. The molecule has 0 radical (unpaired) electrons. The lowest BCUT2D eigenvalue weighted by atomic mass is 9.83. The fourth-order valence-corrected chi connectivity index (χ4v) is 2.80. The molecule has 0 heterocycles. The number of hydrogen-bond acceptors (Lipinski definition) is 2. The maximum Gasteiger partial charge on any atom is 0.220 e. The predicted octanol–water partition coefficient (Wildman–Crippen LogP) is 2.84. The van der Waals surface area contributed by atoms with Crippen molar-refractivity contribution >= 4 is 5.91 Å². The molecule has 0 aliphatic heterocycles. The Morgan fingerprint density at radius 2 is 1.89 bits per heavy atom. The number of carbonyl (C=O) groups excluding carboxylic acids is 1. The van der Waals surface area contributed by atoms with Gasteiger partial charge in [-0.25, -0.2) is 0 Å². The first-order valence-electron chi connectivity index (χ1n) is 7.43. The van der Waals surface area contributed by atoms with E-state index in [2.05, 4.69) is 26.1 Å². The molecule has 0 saturated heterocycles. The van der Waals surface area contributed by atoms with Crippen molar-refractivity contribution in [1.29, 1.82) is 0 Å². The Morgan fingerprint density at radius 1 is 1.28 bits per heavy atom. The highest BCUT2D eigenvalue weighted by Crippen LogP contribution is 2.27. The van der Waals surface area contributed by atoms with E-state index in [1.54, 1.807) is 0 Å². The van der Waals surface area contributed by atoms with Crippen molar-refractivity contribution < 1.29 is 4.79 Å². The van der Waals surface area contributed by atoms with E-state index in [1.807, 2.05) is 0 Å². The van der Waals surface area contributed by atoms with E-state index in [0.29, 0.717) is 18.9 Å². The molecule has 3 nitrogen and oxygen atoms in total. The van der Waals surface area contributed by atoms with Crippen LogP contribution in [0, 0.1) is 11.3 Å². The van der Waals surface area contributed by atoms with Crippen LogP contribution < -0.4 is 11.1 Å². The summed E-state index contributed by atoms with van der Waals surface area (Å²) in [5.74, 6) is 0.826. The molecule has 1 rings (SSSR count). The summed E-state index contributed by atoms with van der Waals surface area (Å²) in [5, 5.41) is 3.19. The van der Waals surface area contributed by atoms with Crippen LogP contribution in [-0.2, 0) is 4.79 Å². The quantitative estimate of drug-likeness (QED) is 0.792. The Hall–Kier alpha value is -0.570. The summed E-state index contributed by atoms with van der Waals surface area (Å²) in [5.41, 5.74) is 5.72. The first kappa shape index (κ1) is 15.5. The Balaban J connectivity index is 2.40. The highest BCUT2D eigenvalue weighted by molar-refractivity contribution is 5.76. The summed E-state index contributed by atoms with van der Waals surface area (Å²) < 4.78 is 0. The molecule has 0 aromatic carbocycles. The Morgan fingerprint density at radius 3 is 2.39 bits per heavy atom. The lowest BCUT2D eigenvalue weighted by Crippen LogP contribution is -2.45. The fraction of sp³-hybridized carbons (Fsp3) is 0.933. The molecule has 1 aliphatic rings. The van der Waals surface area contributed by atoms with Crippen LogP contribution in [0.2, 0.25) is 0 Å². The van der Waals surface area contributed by atoms with Gasteiger partial charge >= 0.3 is 0 Å². The van der Waals surface area contributed by atoms with Crippen LogP contribution in [0.15, 0.2) is 0 Å². The molecule has 0 aromatic heterocycles. The molecule has 3 heteroatoms. The van der Waals surface area contributed by atoms with Crippen molar-refractivity contribution in [2.45, 2.75) is 71.8 Å². The molecule has 1 fully saturated rings. The highest BCUT2D eigenvalue weighted by Gasteiger charge is 2.26. The predicted molar refractivity (Wildman–Crippen MR) is 76.2 cm³/mol. The average Bonchev–Trinajstić information content (AvgIpc) is 2.28. The summed E-state index contributed by atoms with van der Waals surface area (Å²) in [6.45, 7) is 7.11. The minimum Gasteiger partial charge on any atom is -0.353 e. The highest BCUT2D eigenvalue weighted by atomic mass is 16.1. The average molecular weight is 254 g/mol. The number of amides is 1. The van der Waals surface area contributed by atoms with Crippen LogP contribution in [0.1, 0.15) is 65.7 Å². The van der Waals surface area contributed by atoms with E-state index in [0.717, 1.165) is 6.42 Å². The van der Waals surface area contributed by atoms with E-state index in [1.165, 1.54) is 32.1 Å². The number of nitrogens with one attached hydrogen (secondary N) is 1. The third-order valence-corrected chi connectivity index (χ3v) is 4.03. The Bertz CT molecular complexity index is 252. The zero-order valence-electron chi connectivity index (χ0n) is 12.3. The maximum absolute atomic E-state index is 12.1. The van der Waals surface area contributed by atoms with Crippen LogP contribution >= 0.6 is 0 Å². The summed E-state index contributed by atoms with van der Waals surface area (Å²) in [6, 6.07) is 0.193. The van der Waals surface area contributed by atoms with Gasteiger partial charge in [-0.1, -0.05) is 40.0 Å². The lowest BCUT2D eigenvalue weighted by molar-refractivity contribution is -0.123. The summed E-state index contributed by atoms with van der Waals surface area (Å²) in [7, 11) is 0. The van der Waals surface area contributed by atoms with Crippen molar-refractivity contribution in [3.8, 4) is 0 Å². The van der Waals surface area contributed by atoms with Gasteiger partial charge in [0.2, 0.25) is 5.91 Å². The van der Waals surface area contributed by atoms with Gasteiger partial charge in [0.15, 0.2) is 0 Å². The van der Waals surface area contributed by atoms with E-state index < -0.39 is 0 Å². The van der Waals surface area contributed by atoms with Crippen molar-refractivity contribution in [3.05, 3.63) is 0 Å². The van der Waals surface area contributed by atoms with Gasteiger partial charge in [0.1, 0.15) is 0 Å². The van der Waals surface area contributed by atoms with Crippen LogP contribution in [0.4, 0.5) is 0 Å². The van der Waals surface area contributed by atoms with Gasteiger partial charge in [0.05, 0.1) is 0 Å². The summed E-state index contributed by atoms with van der Waals surface area (Å²) >= 11 is 0. The minimum absolute atomic E-state index is 0.0849. The van der Waals surface area contributed by atoms with Gasteiger partial charge in [-0.05, 0) is 37.1 Å². The van der Waals surface area contributed by atoms with Gasteiger partial charge in [-0.3, -0.25) is 4.79 Å². The molecular formula is C15H30N2O. The summed E-state index contributed by atoms with van der Waals surface area (Å²) in [6.07, 6.45) is 7.95. The second-order valence-electron chi connectivity index (χ2n) is 6.77. The standard InChI is InChI=1S/C15H30N2O/c1-15(2,3)13(9-10-16)17-14(18)11-12-7-5-4-6-8-12/h12-13H,4-11,16H2,1-3H3,(H,17,18). The molecule has 0 spiro atoms. The maximum atomic E-state index is 12.1. The minimum atomic E-state index is 0.0849. The molecule has 1 saturated carbocycles. The molecule has 106 valence electrons. The molecule has 3 N–H and O–H groups in total. The third-order valence-electron chi connectivity index (χ3n) is 4.03. The van der Waals surface area contributed by atoms with E-state index in [4.69, 9.17) is 5.73 Å². The normalized spacial score (nSPS) is 19.6. The van der Waals surface area contributed by atoms with Gasteiger partial charge < -0.3 is 11.1 Å². The topological polar surface area (TPSA) is 55.1 Å². The first-order chi connectivity index (χ1) is 8.43. The van der Waals surface area contributed by atoms with Crippen LogP contribution in [0.25, 0.3) is 0 Å². The molecule has 0 bridgehead atoms. The SMILES string of the molecule is CC(C)(C)C(CCN)NC(=O)CC1CCCCC1.